The van der Waals surface area contributed by atoms with E-state index < -0.39 is 0 Å². The van der Waals surface area contributed by atoms with Crippen LogP contribution in [0.1, 0.15) is 38.5 Å². The third-order valence-corrected chi connectivity index (χ3v) is 3.95. The van der Waals surface area contributed by atoms with Crippen LogP contribution in [0.3, 0.4) is 0 Å². The standard InChI is InChI=1S/C16H26N2O3/c1-12-9-13(2)11-18(10-12)16(19)17-14(6-8-20-3)15-5-4-7-21-15/h4-5,7,12-14H,6,8-11H2,1-3H3,(H,17,19)/t12-,13-,14-/m0/s1. The Morgan fingerprint density at radius 3 is 2.76 bits per heavy atom. The number of hydrogen-bond donors (Lipinski definition) is 1. The summed E-state index contributed by atoms with van der Waals surface area (Å²) in [6.07, 6.45) is 3.52. The lowest BCUT2D eigenvalue weighted by molar-refractivity contribution is 0.137. The Morgan fingerprint density at radius 2 is 2.19 bits per heavy atom. The number of nitrogens with zero attached hydrogens (tertiary/aromatic N) is 1. The molecule has 1 aliphatic rings. The largest absolute Gasteiger partial charge is 0.467 e. The molecular weight excluding hydrogens is 268 g/mol. The number of furan rings is 1. The molecule has 0 aliphatic carbocycles. The highest BCUT2D eigenvalue weighted by Gasteiger charge is 2.27. The summed E-state index contributed by atoms with van der Waals surface area (Å²) < 4.78 is 10.6. The van der Waals surface area contributed by atoms with E-state index in [4.69, 9.17) is 9.15 Å². The second-order valence-corrected chi connectivity index (χ2v) is 6.15. The van der Waals surface area contributed by atoms with Crippen molar-refractivity contribution in [2.45, 2.75) is 32.7 Å². The summed E-state index contributed by atoms with van der Waals surface area (Å²) >= 11 is 0. The summed E-state index contributed by atoms with van der Waals surface area (Å²) in [5.41, 5.74) is 0. The van der Waals surface area contributed by atoms with Gasteiger partial charge in [-0.15, -0.1) is 0 Å². The minimum Gasteiger partial charge on any atom is -0.467 e. The van der Waals surface area contributed by atoms with Gasteiger partial charge in [-0.1, -0.05) is 13.8 Å². The van der Waals surface area contributed by atoms with Gasteiger partial charge in [0.05, 0.1) is 12.3 Å². The minimum atomic E-state index is -0.139. The van der Waals surface area contributed by atoms with Crippen LogP contribution in [0.15, 0.2) is 22.8 Å². The van der Waals surface area contributed by atoms with Crippen LogP contribution in [-0.4, -0.2) is 37.7 Å². The van der Waals surface area contributed by atoms with Gasteiger partial charge in [0.2, 0.25) is 0 Å². The van der Waals surface area contributed by atoms with Gasteiger partial charge >= 0.3 is 6.03 Å². The van der Waals surface area contributed by atoms with Gasteiger partial charge in [0.25, 0.3) is 0 Å². The van der Waals surface area contributed by atoms with Crippen LogP contribution in [0.25, 0.3) is 0 Å². The molecule has 2 amide bonds. The van der Waals surface area contributed by atoms with Gasteiger partial charge in [-0.25, -0.2) is 4.79 Å². The lowest BCUT2D eigenvalue weighted by Gasteiger charge is -2.35. The topological polar surface area (TPSA) is 54.7 Å². The number of rotatable bonds is 5. The first-order chi connectivity index (χ1) is 10.1. The molecule has 3 atom stereocenters. The molecule has 0 aromatic carbocycles. The number of amides is 2. The zero-order chi connectivity index (χ0) is 15.2. The van der Waals surface area contributed by atoms with E-state index in [9.17, 15) is 4.79 Å². The minimum absolute atomic E-state index is 0.00842. The lowest BCUT2D eigenvalue weighted by atomic mass is 9.92. The molecule has 0 saturated carbocycles. The van der Waals surface area contributed by atoms with Crippen LogP contribution in [0.2, 0.25) is 0 Å². The summed E-state index contributed by atoms with van der Waals surface area (Å²) in [5.74, 6) is 1.89. The third kappa shape index (κ3) is 4.49. The molecule has 1 aromatic heterocycles. The van der Waals surface area contributed by atoms with Crippen molar-refractivity contribution >= 4 is 6.03 Å². The highest BCUT2D eigenvalue weighted by molar-refractivity contribution is 5.74. The smallest absolute Gasteiger partial charge is 0.318 e. The van der Waals surface area contributed by atoms with Gasteiger partial charge in [0.1, 0.15) is 5.76 Å². The number of methoxy groups -OCH3 is 1. The van der Waals surface area contributed by atoms with E-state index >= 15 is 0 Å². The van der Waals surface area contributed by atoms with Gasteiger partial charge in [-0.05, 0) is 36.8 Å². The van der Waals surface area contributed by atoms with Crippen LogP contribution in [0.5, 0.6) is 0 Å². The Morgan fingerprint density at radius 1 is 1.48 bits per heavy atom. The molecule has 21 heavy (non-hydrogen) atoms. The van der Waals surface area contributed by atoms with Crippen LogP contribution < -0.4 is 5.32 Å². The fourth-order valence-electron chi connectivity index (χ4n) is 3.08. The molecule has 0 bridgehead atoms. The molecule has 5 nitrogen and oxygen atoms in total. The Balaban J connectivity index is 1.97. The van der Waals surface area contributed by atoms with Crippen LogP contribution in [-0.2, 0) is 4.74 Å². The second kappa shape index (κ2) is 7.50. The zero-order valence-electron chi connectivity index (χ0n) is 13.2. The van der Waals surface area contributed by atoms with Gasteiger partial charge in [-0.2, -0.15) is 0 Å². The maximum Gasteiger partial charge on any atom is 0.318 e. The maximum atomic E-state index is 12.5. The average Bonchev–Trinajstić information content (AvgIpc) is 2.96. The molecule has 2 heterocycles. The predicted octanol–water partition coefficient (Wildman–Crippen LogP) is 3.04. The monoisotopic (exact) mass is 294 g/mol. The highest BCUT2D eigenvalue weighted by Crippen LogP contribution is 2.22. The normalized spacial score (nSPS) is 23.9. The molecule has 1 fully saturated rings. The van der Waals surface area contributed by atoms with Gasteiger partial charge in [-0.3, -0.25) is 0 Å². The van der Waals surface area contributed by atoms with E-state index in [-0.39, 0.29) is 12.1 Å². The average molecular weight is 294 g/mol. The van der Waals surface area contributed by atoms with Gasteiger partial charge < -0.3 is 19.4 Å². The second-order valence-electron chi connectivity index (χ2n) is 6.15. The first-order valence-electron chi connectivity index (χ1n) is 7.68. The molecule has 1 aromatic rings. The van der Waals surface area contributed by atoms with Gasteiger partial charge in [0.15, 0.2) is 0 Å². The number of piperidine rings is 1. The summed E-state index contributed by atoms with van der Waals surface area (Å²) in [7, 11) is 1.66. The van der Waals surface area contributed by atoms with Gasteiger partial charge in [0, 0.05) is 26.8 Å². The summed E-state index contributed by atoms with van der Waals surface area (Å²) in [5, 5.41) is 3.08. The Hall–Kier alpha value is -1.49. The molecular formula is C16H26N2O3. The first-order valence-corrected chi connectivity index (χ1v) is 7.68. The van der Waals surface area contributed by atoms with Crippen molar-refractivity contribution in [3.8, 4) is 0 Å². The number of carbonyl (C=O) groups excluding carboxylic acids is 1. The fraction of sp³-hybridized carbons (Fsp3) is 0.688. The van der Waals surface area contributed by atoms with E-state index in [1.54, 1.807) is 13.4 Å². The van der Waals surface area contributed by atoms with Crippen molar-refractivity contribution < 1.29 is 13.9 Å². The molecule has 1 saturated heterocycles. The molecule has 118 valence electrons. The third-order valence-electron chi connectivity index (χ3n) is 3.95. The quantitative estimate of drug-likeness (QED) is 0.908. The Bertz CT molecular complexity index is 423. The van der Waals surface area contributed by atoms with Crippen LogP contribution in [0.4, 0.5) is 4.79 Å². The number of urea groups is 1. The Kier molecular flexibility index (Phi) is 5.67. The predicted molar refractivity (Wildman–Crippen MR) is 81.0 cm³/mol. The zero-order valence-corrected chi connectivity index (χ0v) is 13.2. The summed E-state index contributed by atoms with van der Waals surface area (Å²) in [6, 6.07) is 3.58. The number of ether oxygens (including phenoxy) is 1. The molecule has 1 aliphatic heterocycles. The van der Waals surface area contributed by atoms with E-state index in [1.807, 2.05) is 17.0 Å². The van der Waals surface area contributed by atoms with Crippen molar-refractivity contribution in [1.29, 1.82) is 0 Å². The van der Waals surface area contributed by atoms with E-state index in [0.717, 1.165) is 18.8 Å². The van der Waals surface area contributed by atoms with Crippen molar-refractivity contribution in [3.63, 3.8) is 0 Å². The van der Waals surface area contributed by atoms with E-state index in [1.165, 1.54) is 6.42 Å². The van der Waals surface area contributed by atoms with E-state index in [2.05, 4.69) is 19.2 Å². The maximum absolute atomic E-state index is 12.5. The Labute approximate surface area is 126 Å². The SMILES string of the molecule is COCC[C@H](NC(=O)N1C[C@@H](C)C[C@H](C)C1)c1ccco1. The van der Waals surface area contributed by atoms with Crippen molar-refractivity contribution in [3.05, 3.63) is 24.2 Å². The summed E-state index contributed by atoms with van der Waals surface area (Å²) in [6.45, 7) is 6.63. The molecule has 0 spiro atoms. The first kappa shape index (κ1) is 15.9. The molecule has 0 unspecified atom stereocenters. The van der Waals surface area contributed by atoms with E-state index in [0.29, 0.717) is 24.9 Å². The molecule has 0 radical (unpaired) electrons. The van der Waals surface area contributed by atoms with Crippen molar-refractivity contribution in [1.82, 2.24) is 10.2 Å². The number of carbonyl (C=O) groups is 1. The molecule has 5 heteroatoms. The van der Waals surface area contributed by atoms with Crippen molar-refractivity contribution in [2.75, 3.05) is 26.8 Å². The summed E-state index contributed by atoms with van der Waals surface area (Å²) in [4.78, 5) is 14.4. The van der Waals surface area contributed by atoms with Crippen molar-refractivity contribution in [2.24, 2.45) is 11.8 Å². The molecule has 2 rings (SSSR count). The lowest BCUT2D eigenvalue weighted by Crippen LogP contribution is -2.48. The number of nitrogens with one attached hydrogen (secondary N) is 1. The number of likely N-dealkylation sites (tertiary alicyclic amines) is 1. The number of hydrogen-bond acceptors (Lipinski definition) is 3. The fourth-order valence-corrected chi connectivity index (χ4v) is 3.08. The molecule has 1 N–H and O–H groups in total. The van der Waals surface area contributed by atoms with Crippen LogP contribution >= 0.6 is 0 Å². The highest BCUT2D eigenvalue weighted by atomic mass is 16.5. The van der Waals surface area contributed by atoms with Crippen LogP contribution in [0, 0.1) is 11.8 Å².